The molecular weight excluding hydrogens is 120 g/mol. The first-order valence-corrected chi connectivity index (χ1v) is 3.91. The minimum absolute atomic E-state index is 0. The first-order valence-electron chi connectivity index (χ1n) is 3.91. The molecular formula is C10H28. The zero-order chi connectivity index (χ0) is 6.83. The molecule has 0 unspecified atom stereocenters. The van der Waals surface area contributed by atoms with E-state index < -0.39 is 0 Å². The van der Waals surface area contributed by atoms with Crippen LogP contribution in [0.5, 0.6) is 0 Å². The Morgan fingerprint density at radius 3 is 1.00 bits per heavy atom. The molecule has 0 heterocycles. The Bertz CT molecular complexity index is 12.0. The van der Waals surface area contributed by atoms with Crippen molar-refractivity contribution in [3.63, 3.8) is 0 Å². The quantitative estimate of drug-likeness (QED) is 0.500. The molecule has 0 aliphatic carbocycles. The Morgan fingerprint density at radius 1 is 0.700 bits per heavy atom. The maximum atomic E-state index is 2.23. The summed E-state index contributed by atoms with van der Waals surface area (Å²) in [5.74, 6) is 0. The molecule has 0 amide bonds. The lowest BCUT2D eigenvalue weighted by atomic mass is 10.2. The highest BCUT2D eigenvalue weighted by atomic mass is 13.8. The molecule has 0 N–H and O–H groups in total. The van der Waals surface area contributed by atoms with Crippen LogP contribution in [0.1, 0.15) is 68.2 Å². The van der Waals surface area contributed by atoms with Gasteiger partial charge in [-0.1, -0.05) is 68.2 Å². The van der Waals surface area contributed by atoms with E-state index in [1.165, 1.54) is 25.7 Å². The van der Waals surface area contributed by atoms with Gasteiger partial charge in [-0.3, -0.25) is 0 Å². The summed E-state index contributed by atoms with van der Waals surface area (Å²) < 4.78 is 0. The molecule has 0 spiro atoms. The van der Waals surface area contributed by atoms with E-state index in [2.05, 4.69) is 13.8 Å². The van der Waals surface area contributed by atoms with Crippen molar-refractivity contribution in [3.8, 4) is 0 Å². The highest BCUT2D eigenvalue weighted by Crippen LogP contribution is 1.95. The van der Waals surface area contributed by atoms with Gasteiger partial charge in [-0.15, -0.1) is 0 Å². The SMILES string of the molecule is C.C.CC.CCCCCC. The summed E-state index contributed by atoms with van der Waals surface area (Å²) in [6.07, 6.45) is 5.54. The normalized spacial score (nSPS) is 6.00. The summed E-state index contributed by atoms with van der Waals surface area (Å²) in [6, 6.07) is 0. The Morgan fingerprint density at radius 2 is 0.900 bits per heavy atom. The monoisotopic (exact) mass is 148 g/mol. The van der Waals surface area contributed by atoms with Crippen LogP contribution in [-0.2, 0) is 0 Å². The molecule has 0 atom stereocenters. The first kappa shape index (κ1) is 22.5. The smallest absolute Gasteiger partial charge is 0.0536 e. The van der Waals surface area contributed by atoms with Crippen molar-refractivity contribution in [2.45, 2.75) is 68.2 Å². The van der Waals surface area contributed by atoms with Crippen LogP contribution in [0.3, 0.4) is 0 Å². The Kier molecular flexibility index (Phi) is 81.0. The van der Waals surface area contributed by atoms with E-state index in [1.54, 1.807) is 0 Å². The largest absolute Gasteiger partial charge is 0.0776 e. The fraction of sp³-hybridized carbons (Fsp3) is 1.00. The van der Waals surface area contributed by atoms with Crippen LogP contribution >= 0.6 is 0 Å². The van der Waals surface area contributed by atoms with Gasteiger partial charge in [0.15, 0.2) is 0 Å². The van der Waals surface area contributed by atoms with Crippen molar-refractivity contribution in [2.75, 3.05) is 0 Å². The van der Waals surface area contributed by atoms with Crippen LogP contribution in [0.4, 0.5) is 0 Å². The second-order valence-electron chi connectivity index (χ2n) is 1.71. The van der Waals surface area contributed by atoms with Crippen molar-refractivity contribution in [3.05, 3.63) is 0 Å². The van der Waals surface area contributed by atoms with Crippen LogP contribution in [0.2, 0.25) is 0 Å². The molecule has 0 aromatic carbocycles. The van der Waals surface area contributed by atoms with E-state index in [1.807, 2.05) is 13.8 Å². The summed E-state index contributed by atoms with van der Waals surface area (Å²) in [6.45, 7) is 8.46. The molecule has 0 bridgehead atoms. The summed E-state index contributed by atoms with van der Waals surface area (Å²) in [4.78, 5) is 0. The molecule has 0 aliphatic rings. The van der Waals surface area contributed by atoms with Crippen LogP contribution in [0, 0.1) is 0 Å². The van der Waals surface area contributed by atoms with Gasteiger partial charge in [0.05, 0.1) is 0 Å². The van der Waals surface area contributed by atoms with Gasteiger partial charge in [0.1, 0.15) is 0 Å². The number of rotatable bonds is 3. The molecule has 0 saturated heterocycles. The molecule has 0 radical (unpaired) electrons. The van der Waals surface area contributed by atoms with E-state index in [0.717, 1.165) is 0 Å². The van der Waals surface area contributed by atoms with Crippen LogP contribution in [-0.4, -0.2) is 0 Å². The van der Waals surface area contributed by atoms with Gasteiger partial charge in [-0.2, -0.15) is 0 Å². The standard InChI is InChI=1S/C6H14.C2H6.2CH4/c1-3-5-6-4-2;1-2;;/h3-6H2,1-2H3;1-2H3;2*1H4. The van der Waals surface area contributed by atoms with Crippen LogP contribution in [0.15, 0.2) is 0 Å². The van der Waals surface area contributed by atoms with Gasteiger partial charge in [-0.25, -0.2) is 0 Å². The molecule has 0 aromatic heterocycles. The lowest BCUT2D eigenvalue weighted by molar-refractivity contribution is 0.702. The minimum Gasteiger partial charge on any atom is -0.0776 e. The van der Waals surface area contributed by atoms with Crippen molar-refractivity contribution in [1.29, 1.82) is 0 Å². The third-order valence-corrected chi connectivity index (χ3v) is 0.957. The summed E-state index contributed by atoms with van der Waals surface area (Å²) >= 11 is 0. The number of hydrogen-bond donors (Lipinski definition) is 0. The number of hydrogen-bond acceptors (Lipinski definition) is 0. The highest BCUT2D eigenvalue weighted by molar-refractivity contribution is 4.31. The molecule has 0 saturated carbocycles. The molecule has 0 fully saturated rings. The fourth-order valence-electron chi connectivity index (χ4n) is 0.500. The average molecular weight is 148 g/mol. The van der Waals surface area contributed by atoms with Gasteiger partial charge in [0.2, 0.25) is 0 Å². The maximum Gasteiger partial charge on any atom is -0.0536 e. The van der Waals surface area contributed by atoms with Gasteiger partial charge >= 0.3 is 0 Å². The number of unbranched alkanes of at least 4 members (excludes halogenated alkanes) is 3. The average Bonchev–Trinajstić information content (AvgIpc) is 1.88. The topological polar surface area (TPSA) is 0 Å². The van der Waals surface area contributed by atoms with Crippen LogP contribution in [0.25, 0.3) is 0 Å². The second kappa shape index (κ2) is 36.0. The van der Waals surface area contributed by atoms with Crippen molar-refractivity contribution in [2.24, 2.45) is 0 Å². The first-order chi connectivity index (χ1) is 3.91. The predicted octanol–water partition coefficient (Wildman–Crippen LogP) is 4.89. The van der Waals surface area contributed by atoms with Gasteiger partial charge in [0.25, 0.3) is 0 Å². The third kappa shape index (κ3) is 43.6. The Labute approximate surface area is 69.0 Å². The third-order valence-electron chi connectivity index (χ3n) is 0.957. The zero-order valence-electron chi connectivity index (χ0n) is 6.83. The molecule has 0 rings (SSSR count). The maximum absolute atomic E-state index is 2.23. The predicted molar refractivity (Wildman–Crippen MR) is 54.6 cm³/mol. The van der Waals surface area contributed by atoms with E-state index >= 15 is 0 Å². The van der Waals surface area contributed by atoms with E-state index in [-0.39, 0.29) is 14.9 Å². The molecule has 0 heteroatoms. The highest BCUT2D eigenvalue weighted by Gasteiger charge is 1.75. The summed E-state index contributed by atoms with van der Waals surface area (Å²) in [7, 11) is 0. The van der Waals surface area contributed by atoms with Gasteiger partial charge < -0.3 is 0 Å². The molecule has 0 aromatic rings. The van der Waals surface area contributed by atoms with Gasteiger partial charge in [-0.05, 0) is 0 Å². The lowest BCUT2D eigenvalue weighted by Crippen LogP contribution is -1.66. The van der Waals surface area contributed by atoms with E-state index in [9.17, 15) is 0 Å². The van der Waals surface area contributed by atoms with Crippen LogP contribution < -0.4 is 0 Å². The Balaban J connectivity index is -0.0000000412. The van der Waals surface area contributed by atoms with E-state index in [0.29, 0.717) is 0 Å². The van der Waals surface area contributed by atoms with Crippen molar-refractivity contribution >= 4 is 0 Å². The summed E-state index contributed by atoms with van der Waals surface area (Å²) in [5, 5.41) is 0. The van der Waals surface area contributed by atoms with Crippen molar-refractivity contribution in [1.82, 2.24) is 0 Å². The van der Waals surface area contributed by atoms with Gasteiger partial charge in [0, 0.05) is 0 Å². The fourth-order valence-corrected chi connectivity index (χ4v) is 0.500. The lowest BCUT2D eigenvalue weighted by Gasteiger charge is -1.86. The van der Waals surface area contributed by atoms with Crippen molar-refractivity contribution < 1.29 is 0 Å². The molecule has 0 nitrogen and oxygen atoms in total. The minimum atomic E-state index is 0. The molecule has 0 aliphatic heterocycles. The van der Waals surface area contributed by atoms with E-state index in [4.69, 9.17) is 0 Å². The molecule has 10 heavy (non-hydrogen) atoms. The zero-order valence-corrected chi connectivity index (χ0v) is 6.83. The Hall–Kier alpha value is 0. The summed E-state index contributed by atoms with van der Waals surface area (Å²) in [5.41, 5.74) is 0. The molecule has 68 valence electrons. The second-order valence-corrected chi connectivity index (χ2v) is 1.71.